The summed E-state index contributed by atoms with van der Waals surface area (Å²) in [5.41, 5.74) is 3.32. The number of hydrogen-bond donors (Lipinski definition) is 1. The Morgan fingerprint density at radius 2 is 1.59 bits per heavy atom. The van der Waals surface area contributed by atoms with Crippen molar-refractivity contribution in [2.45, 2.75) is 12.5 Å². The van der Waals surface area contributed by atoms with Gasteiger partial charge in [-0.25, -0.2) is 0 Å². The molecule has 1 aliphatic rings. The third kappa shape index (κ3) is 3.48. The summed E-state index contributed by atoms with van der Waals surface area (Å²) in [5.74, 6) is -0.0110. The smallest absolute Gasteiger partial charge is 0.263 e. The van der Waals surface area contributed by atoms with Gasteiger partial charge in [0.2, 0.25) is 0 Å². The summed E-state index contributed by atoms with van der Waals surface area (Å²) < 4.78 is 1.58. The van der Waals surface area contributed by atoms with Crippen LogP contribution in [-0.2, 0) is 7.05 Å². The molecule has 32 heavy (non-hydrogen) atoms. The molecule has 5 rings (SSSR count). The molecule has 5 heteroatoms. The first-order valence-corrected chi connectivity index (χ1v) is 10.6. The van der Waals surface area contributed by atoms with Crippen molar-refractivity contribution >= 4 is 28.4 Å². The molecule has 0 saturated carbocycles. The van der Waals surface area contributed by atoms with Crippen molar-refractivity contribution in [1.82, 2.24) is 4.57 Å². The molecule has 0 saturated heterocycles. The fourth-order valence-corrected chi connectivity index (χ4v) is 4.19. The van der Waals surface area contributed by atoms with Crippen LogP contribution in [0, 0.1) is 0 Å². The first-order chi connectivity index (χ1) is 15.6. The number of fused-ring (bicyclic) bond motifs is 1. The summed E-state index contributed by atoms with van der Waals surface area (Å²) >= 11 is 0. The van der Waals surface area contributed by atoms with E-state index in [1.807, 2.05) is 89.9 Å². The second-order valence-electron chi connectivity index (χ2n) is 7.87. The van der Waals surface area contributed by atoms with Crippen LogP contribution in [0.15, 0.2) is 101 Å². The third-order valence-electron chi connectivity index (χ3n) is 5.84. The largest absolute Gasteiger partial charge is 0.506 e. The highest BCUT2D eigenvalue weighted by molar-refractivity contribution is 6.08. The SMILES string of the molecule is Cn1c(=O)c(C2=NN(c3ccccc3)[C@H](/C=C/c3ccccc3)C2)c(O)c2ccccc21. The maximum Gasteiger partial charge on any atom is 0.263 e. The number of hydrogen-bond acceptors (Lipinski definition) is 4. The highest BCUT2D eigenvalue weighted by Crippen LogP contribution is 2.32. The number of anilines is 1. The molecule has 0 aliphatic carbocycles. The average molecular weight is 422 g/mol. The van der Waals surface area contributed by atoms with E-state index in [-0.39, 0.29) is 22.9 Å². The lowest BCUT2D eigenvalue weighted by molar-refractivity contribution is 0.478. The first-order valence-electron chi connectivity index (χ1n) is 10.6. The van der Waals surface area contributed by atoms with Gasteiger partial charge in [0.05, 0.1) is 23.0 Å². The van der Waals surface area contributed by atoms with Crippen LogP contribution in [0.4, 0.5) is 5.69 Å². The zero-order valence-electron chi connectivity index (χ0n) is 17.7. The average Bonchev–Trinajstić information content (AvgIpc) is 3.26. The van der Waals surface area contributed by atoms with Crippen LogP contribution in [0.25, 0.3) is 17.0 Å². The van der Waals surface area contributed by atoms with Gasteiger partial charge in [-0.15, -0.1) is 0 Å². The second kappa shape index (κ2) is 8.19. The van der Waals surface area contributed by atoms with E-state index in [2.05, 4.69) is 12.2 Å². The Morgan fingerprint density at radius 1 is 0.938 bits per heavy atom. The summed E-state index contributed by atoms with van der Waals surface area (Å²) in [6.07, 6.45) is 4.68. The minimum atomic E-state index is -0.249. The summed E-state index contributed by atoms with van der Waals surface area (Å²) in [4.78, 5) is 13.2. The van der Waals surface area contributed by atoms with Gasteiger partial charge >= 0.3 is 0 Å². The van der Waals surface area contributed by atoms with Crippen molar-refractivity contribution in [3.05, 3.63) is 112 Å². The van der Waals surface area contributed by atoms with E-state index in [0.29, 0.717) is 23.0 Å². The van der Waals surface area contributed by atoms with Gasteiger partial charge < -0.3 is 9.67 Å². The van der Waals surface area contributed by atoms with E-state index in [4.69, 9.17) is 5.10 Å². The van der Waals surface area contributed by atoms with Crippen LogP contribution in [0.2, 0.25) is 0 Å². The van der Waals surface area contributed by atoms with Crippen LogP contribution in [0.5, 0.6) is 5.75 Å². The topological polar surface area (TPSA) is 57.8 Å². The van der Waals surface area contributed by atoms with Crippen molar-refractivity contribution in [3.8, 4) is 5.75 Å². The molecule has 1 aliphatic heterocycles. The Labute approximate surface area is 186 Å². The molecule has 1 aromatic heterocycles. The van der Waals surface area contributed by atoms with Crippen LogP contribution in [0.3, 0.4) is 0 Å². The lowest BCUT2D eigenvalue weighted by Crippen LogP contribution is -2.25. The van der Waals surface area contributed by atoms with Gasteiger partial charge in [-0.05, 0) is 29.8 Å². The van der Waals surface area contributed by atoms with Crippen molar-refractivity contribution in [3.63, 3.8) is 0 Å². The van der Waals surface area contributed by atoms with Crippen LogP contribution in [-0.4, -0.2) is 21.4 Å². The highest BCUT2D eigenvalue weighted by atomic mass is 16.3. The molecule has 3 aromatic carbocycles. The monoisotopic (exact) mass is 421 g/mol. The van der Waals surface area contributed by atoms with Crippen LogP contribution in [0.1, 0.15) is 17.5 Å². The Morgan fingerprint density at radius 3 is 2.34 bits per heavy atom. The Bertz CT molecular complexity index is 1390. The van der Waals surface area contributed by atoms with Crippen molar-refractivity contribution < 1.29 is 5.11 Å². The Kier molecular flexibility index (Phi) is 5.07. The number of para-hydroxylation sites is 2. The van der Waals surface area contributed by atoms with E-state index in [1.165, 1.54) is 0 Å². The number of aromatic hydroxyl groups is 1. The van der Waals surface area contributed by atoms with Crippen molar-refractivity contribution in [2.75, 3.05) is 5.01 Å². The molecule has 0 bridgehead atoms. The maximum atomic E-state index is 13.2. The van der Waals surface area contributed by atoms with Gasteiger partial charge in [0, 0.05) is 18.9 Å². The first kappa shape index (κ1) is 19.8. The third-order valence-corrected chi connectivity index (χ3v) is 5.84. The minimum Gasteiger partial charge on any atom is -0.506 e. The number of benzene rings is 3. The molecule has 0 unspecified atom stereocenters. The summed E-state index contributed by atoms with van der Waals surface area (Å²) in [5, 5.41) is 18.4. The zero-order valence-corrected chi connectivity index (χ0v) is 17.7. The second-order valence-corrected chi connectivity index (χ2v) is 7.87. The minimum absolute atomic E-state index is 0.0110. The molecule has 0 radical (unpaired) electrons. The summed E-state index contributed by atoms with van der Waals surface area (Å²) in [6.45, 7) is 0. The van der Waals surface area contributed by atoms with E-state index in [9.17, 15) is 9.90 Å². The quantitative estimate of drug-likeness (QED) is 0.508. The van der Waals surface area contributed by atoms with Gasteiger partial charge in [0.25, 0.3) is 5.56 Å². The van der Waals surface area contributed by atoms with Gasteiger partial charge in [-0.1, -0.05) is 72.8 Å². The fraction of sp³-hybridized carbons (Fsp3) is 0.111. The van der Waals surface area contributed by atoms with E-state index >= 15 is 0 Å². The summed E-state index contributed by atoms with van der Waals surface area (Å²) in [6, 6.07) is 27.3. The van der Waals surface area contributed by atoms with Gasteiger partial charge in [0.15, 0.2) is 0 Å². The molecule has 0 amide bonds. The van der Waals surface area contributed by atoms with Crippen molar-refractivity contribution in [1.29, 1.82) is 0 Å². The molecule has 4 aromatic rings. The standard InChI is InChI=1S/C27H23N3O2/c1-29-24-15-9-8-14-22(24)26(31)25(27(29)32)23-18-21(17-16-19-10-4-2-5-11-19)30(28-23)20-12-6-3-7-13-20/h2-17,21,31H,18H2,1H3/b17-16+/t21-/m1/s1. The zero-order chi connectivity index (χ0) is 22.1. The predicted octanol–water partition coefficient (Wildman–Crippen LogP) is 4.94. The van der Waals surface area contributed by atoms with Crippen LogP contribution < -0.4 is 10.6 Å². The molecule has 158 valence electrons. The number of aromatic nitrogens is 1. The molecule has 1 atom stereocenters. The lowest BCUT2D eigenvalue weighted by atomic mass is 10.0. The number of rotatable bonds is 4. The molecule has 5 nitrogen and oxygen atoms in total. The number of pyridine rings is 1. The fourth-order valence-electron chi connectivity index (χ4n) is 4.19. The van der Waals surface area contributed by atoms with E-state index in [1.54, 1.807) is 11.6 Å². The number of nitrogens with zero attached hydrogens (tertiary/aromatic N) is 3. The highest BCUT2D eigenvalue weighted by Gasteiger charge is 2.30. The van der Waals surface area contributed by atoms with Gasteiger partial charge in [-0.2, -0.15) is 5.10 Å². The van der Waals surface area contributed by atoms with Crippen molar-refractivity contribution in [2.24, 2.45) is 12.1 Å². The van der Waals surface area contributed by atoms with Crippen LogP contribution >= 0.6 is 0 Å². The molecule has 1 N–H and O–H groups in total. The lowest BCUT2D eigenvalue weighted by Gasteiger charge is -2.20. The van der Waals surface area contributed by atoms with E-state index < -0.39 is 0 Å². The van der Waals surface area contributed by atoms with Gasteiger partial charge in [-0.3, -0.25) is 9.80 Å². The predicted molar refractivity (Wildman–Crippen MR) is 130 cm³/mol. The maximum absolute atomic E-state index is 13.2. The Hall–Kier alpha value is -4.12. The molecule has 2 heterocycles. The molecule has 0 fully saturated rings. The molecule has 0 spiro atoms. The molecular weight excluding hydrogens is 398 g/mol. The van der Waals surface area contributed by atoms with E-state index in [0.717, 1.165) is 11.3 Å². The Balaban J connectivity index is 1.61. The number of aryl methyl sites for hydroxylation is 1. The molecular formula is C27H23N3O2. The van der Waals surface area contributed by atoms with Gasteiger partial charge in [0.1, 0.15) is 11.3 Å². The summed E-state index contributed by atoms with van der Waals surface area (Å²) in [7, 11) is 1.73. The number of hydrazone groups is 1. The normalized spacial score (nSPS) is 16.1.